The van der Waals surface area contributed by atoms with Gasteiger partial charge in [-0.25, -0.2) is 4.98 Å². The first-order chi connectivity index (χ1) is 9.83. The number of aromatic nitrogens is 1. The first-order valence-electron chi connectivity index (χ1n) is 7.22. The van der Waals surface area contributed by atoms with Gasteiger partial charge in [-0.3, -0.25) is 0 Å². The molecule has 4 heteroatoms. The third-order valence-electron chi connectivity index (χ3n) is 3.41. The van der Waals surface area contributed by atoms with E-state index >= 15 is 0 Å². The van der Waals surface area contributed by atoms with Crippen molar-refractivity contribution in [2.45, 2.75) is 45.4 Å². The van der Waals surface area contributed by atoms with E-state index in [4.69, 9.17) is 4.74 Å². The Bertz CT molecular complexity index is 563. The molecule has 0 bridgehead atoms. The smallest absolute Gasteiger partial charge is 0.140 e. The van der Waals surface area contributed by atoms with Crippen LogP contribution in [0, 0.1) is 0 Å². The molecule has 1 heterocycles. The molecule has 1 N–H and O–H groups in total. The predicted molar refractivity (Wildman–Crippen MR) is 82.1 cm³/mol. The number of hydrogen-bond donors (Lipinski definition) is 1. The first kappa shape index (κ1) is 13.6. The number of ether oxygens (including phenoxy) is 1. The van der Waals surface area contributed by atoms with Crippen LogP contribution in [0.4, 0.5) is 0 Å². The molecule has 0 radical (unpaired) electrons. The van der Waals surface area contributed by atoms with Crippen LogP contribution < -0.4 is 10.1 Å². The SMILES string of the molecule is CCc1cccc(OCc2ncc(CNC3CC3)s2)c1. The minimum absolute atomic E-state index is 0.557. The summed E-state index contributed by atoms with van der Waals surface area (Å²) in [6, 6.07) is 9.01. The maximum atomic E-state index is 5.81. The number of hydrogen-bond acceptors (Lipinski definition) is 4. The summed E-state index contributed by atoms with van der Waals surface area (Å²) in [5.41, 5.74) is 1.30. The summed E-state index contributed by atoms with van der Waals surface area (Å²) >= 11 is 1.73. The third-order valence-corrected chi connectivity index (χ3v) is 4.38. The predicted octanol–water partition coefficient (Wildman–Crippen LogP) is 3.54. The molecule has 20 heavy (non-hydrogen) atoms. The van der Waals surface area contributed by atoms with E-state index in [9.17, 15) is 0 Å². The summed E-state index contributed by atoms with van der Waals surface area (Å²) in [7, 11) is 0. The second-order valence-corrected chi connectivity index (χ2v) is 6.36. The van der Waals surface area contributed by atoms with E-state index in [-0.39, 0.29) is 0 Å². The van der Waals surface area contributed by atoms with Crippen LogP contribution in [-0.2, 0) is 19.6 Å². The fourth-order valence-electron chi connectivity index (χ4n) is 2.03. The van der Waals surface area contributed by atoms with Gasteiger partial charge in [0.25, 0.3) is 0 Å². The molecule has 0 aliphatic heterocycles. The molecular formula is C16H20N2OS. The summed E-state index contributed by atoms with van der Waals surface area (Å²) in [6.07, 6.45) is 5.64. The van der Waals surface area contributed by atoms with Crippen molar-refractivity contribution in [3.8, 4) is 5.75 Å². The Morgan fingerprint density at radius 1 is 1.40 bits per heavy atom. The monoisotopic (exact) mass is 288 g/mol. The van der Waals surface area contributed by atoms with E-state index in [0.717, 1.165) is 29.8 Å². The molecule has 0 amide bonds. The van der Waals surface area contributed by atoms with E-state index < -0.39 is 0 Å². The summed E-state index contributed by atoms with van der Waals surface area (Å²) < 4.78 is 5.81. The Kier molecular flexibility index (Phi) is 4.33. The van der Waals surface area contributed by atoms with Gasteiger partial charge in [0.05, 0.1) is 0 Å². The normalized spacial score (nSPS) is 14.4. The second kappa shape index (κ2) is 6.37. The third kappa shape index (κ3) is 3.81. The second-order valence-electron chi connectivity index (χ2n) is 5.17. The Balaban J connectivity index is 1.51. The fraction of sp³-hybridized carbons (Fsp3) is 0.438. The van der Waals surface area contributed by atoms with E-state index in [1.165, 1.54) is 23.3 Å². The molecule has 1 aromatic heterocycles. The highest BCUT2D eigenvalue weighted by atomic mass is 32.1. The highest BCUT2D eigenvalue weighted by Crippen LogP contribution is 2.21. The number of aryl methyl sites for hydroxylation is 1. The fourth-order valence-corrected chi connectivity index (χ4v) is 2.82. The summed E-state index contributed by atoms with van der Waals surface area (Å²) in [5, 5.41) is 4.55. The number of thiazole rings is 1. The highest BCUT2D eigenvalue weighted by molar-refractivity contribution is 7.11. The van der Waals surface area contributed by atoms with Crippen LogP contribution in [0.1, 0.15) is 35.2 Å². The molecule has 106 valence electrons. The average Bonchev–Trinajstić information content (AvgIpc) is 3.21. The van der Waals surface area contributed by atoms with Gasteiger partial charge in [0.15, 0.2) is 0 Å². The van der Waals surface area contributed by atoms with Gasteiger partial charge in [-0.2, -0.15) is 0 Å². The molecule has 0 unspecified atom stereocenters. The quantitative estimate of drug-likeness (QED) is 0.846. The Labute approximate surface area is 124 Å². The largest absolute Gasteiger partial charge is 0.486 e. The van der Waals surface area contributed by atoms with Crippen LogP contribution >= 0.6 is 11.3 Å². The lowest BCUT2D eigenvalue weighted by Gasteiger charge is -2.05. The zero-order valence-electron chi connectivity index (χ0n) is 11.8. The van der Waals surface area contributed by atoms with Crippen molar-refractivity contribution in [1.82, 2.24) is 10.3 Å². The topological polar surface area (TPSA) is 34.1 Å². The van der Waals surface area contributed by atoms with Crippen LogP contribution in [-0.4, -0.2) is 11.0 Å². The molecule has 3 rings (SSSR count). The standard InChI is InChI=1S/C16H20N2OS/c1-2-12-4-3-5-14(8-12)19-11-16-18-10-15(20-16)9-17-13-6-7-13/h3-5,8,10,13,17H,2,6-7,9,11H2,1H3. The molecule has 0 saturated heterocycles. The van der Waals surface area contributed by atoms with E-state index in [1.807, 2.05) is 18.3 Å². The van der Waals surface area contributed by atoms with Crippen molar-refractivity contribution in [2.75, 3.05) is 0 Å². The first-order valence-corrected chi connectivity index (χ1v) is 8.04. The van der Waals surface area contributed by atoms with Crippen LogP contribution in [0.3, 0.4) is 0 Å². The van der Waals surface area contributed by atoms with Gasteiger partial charge < -0.3 is 10.1 Å². The molecule has 1 saturated carbocycles. The average molecular weight is 288 g/mol. The van der Waals surface area contributed by atoms with Gasteiger partial charge in [0.2, 0.25) is 0 Å². The summed E-state index contributed by atoms with van der Waals surface area (Å²) in [5.74, 6) is 0.928. The van der Waals surface area contributed by atoms with Crippen LogP contribution in [0.2, 0.25) is 0 Å². The molecule has 3 nitrogen and oxygen atoms in total. The zero-order chi connectivity index (χ0) is 13.8. The van der Waals surface area contributed by atoms with Gasteiger partial charge in [-0.1, -0.05) is 19.1 Å². The van der Waals surface area contributed by atoms with Gasteiger partial charge in [-0.05, 0) is 37.0 Å². The van der Waals surface area contributed by atoms with E-state index in [2.05, 4.69) is 29.4 Å². The lowest BCUT2D eigenvalue weighted by molar-refractivity contribution is 0.305. The van der Waals surface area contributed by atoms with Gasteiger partial charge in [-0.15, -0.1) is 11.3 Å². The van der Waals surface area contributed by atoms with Crippen molar-refractivity contribution in [3.63, 3.8) is 0 Å². The maximum absolute atomic E-state index is 5.81. The maximum Gasteiger partial charge on any atom is 0.140 e. The molecule has 1 aliphatic carbocycles. The Hall–Kier alpha value is -1.39. The molecular weight excluding hydrogens is 268 g/mol. The van der Waals surface area contributed by atoms with Gasteiger partial charge in [0, 0.05) is 23.7 Å². The van der Waals surface area contributed by atoms with Crippen molar-refractivity contribution in [1.29, 1.82) is 0 Å². The zero-order valence-corrected chi connectivity index (χ0v) is 12.6. The molecule has 1 fully saturated rings. The van der Waals surface area contributed by atoms with E-state index in [1.54, 1.807) is 11.3 Å². The Morgan fingerprint density at radius 2 is 2.30 bits per heavy atom. The van der Waals surface area contributed by atoms with Crippen LogP contribution in [0.25, 0.3) is 0 Å². The lowest BCUT2D eigenvalue weighted by Crippen LogP contribution is -2.14. The highest BCUT2D eigenvalue weighted by Gasteiger charge is 2.20. The van der Waals surface area contributed by atoms with Gasteiger partial charge in [0.1, 0.15) is 17.4 Å². The van der Waals surface area contributed by atoms with Crippen molar-refractivity contribution in [3.05, 3.63) is 45.9 Å². The van der Waals surface area contributed by atoms with Crippen LogP contribution in [0.15, 0.2) is 30.5 Å². The van der Waals surface area contributed by atoms with E-state index in [0.29, 0.717) is 6.61 Å². The minimum atomic E-state index is 0.557. The van der Waals surface area contributed by atoms with Crippen molar-refractivity contribution < 1.29 is 4.74 Å². The number of rotatable bonds is 7. The number of nitrogens with zero attached hydrogens (tertiary/aromatic N) is 1. The van der Waals surface area contributed by atoms with Crippen LogP contribution in [0.5, 0.6) is 5.75 Å². The molecule has 0 spiro atoms. The Morgan fingerprint density at radius 3 is 3.10 bits per heavy atom. The lowest BCUT2D eigenvalue weighted by atomic mass is 10.2. The summed E-state index contributed by atoms with van der Waals surface area (Å²) in [6.45, 7) is 3.65. The van der Waals surface area contributed by atoms with Gasteiger partial charge >= 0.3 is 0 Å². The molecule has 1 aromatic carbocycles. The number of nitrogens with one attached hydrogen (secondary N) is 1. The van der Waals surface area contributed by atoms with Crippen molar-refractivity contribution >= 4 is 11.3 Å². The molecule has 0 atom stereocenters. The molecule has 1 aliphatic rings. The molecule has 2 aromatic rings. The van der Waals surface area contributed by atoms with Crippen molar-refractivity contribution in [2.24, 2.45) is 0 Å². The minimum Gasteiger partial charge on any atom is -0.486 e. The number of benzene rings is 1. The summed E-state index contributed by atoms with van der Waals surface area (Å²) in [4.78, 5) is 5.72.